The van der Waals surface area contributed by atoms with Crippen LogP contribution in [-0.4, -0.2) is 29.6 Å². The van der Waals surface area contributed by atoms with Crippen molar-refractivity contribution in [3.05, 3.63) is 69.3 Å². The van der Waals surface area contributed by atoms with Crippen molar-refractivity contribution in [1.29, 1.82) is 0 Å². The molecule has 0 fully saturated rings. The van der Waals surface area contributed by atoms with E-state index in [0.717, 1.165) is 19.4 Å². The van der Waals surface area contributed by atoms with Crippen molar-refractivity contribution in [3.8, 4) is 0 Å². The number of H-pyrrole nitrogens is 1. The molecule has 0 amide bonds. The zero-order chi connectivity index (χ0) is 19.0. The van der Waals surface area contributed by atoms with Gasteiger partial charge in [0, 0.05) is 12.2 Å². The van der Waals surface area contributed by atoms with Gasteiger partial charge in [0.2, 0.25) is 0 Å². The second-order valence-electron chi connectivity index (χ2n) is 6.89. The van der Waals surface area contributed by atoms with Gasteiger partial charge in [0.1, 0.15) is 5.82 Å². The molecule has 2 aromatic carbocycles. The molecule has 0 unspecified atom stereocenters. The van der Waals surface area contributed by atoms with Crippen LogP contribution in [0.3, 0.4) is 0 Å². The first-order chi connectivity index (χ1) is 13.0. The van der Waals surface area contributed by atoms with Gasteiger partial charge in [-0.1, -0.05) is 17.7 Å². The number of aromatic nitrogens is 2. The molecule has 0 bridgehead atoms. The molecule has 0 saturated carbocycles. The van der Waals surface area contributed by atoms with Crippen LogP contribution in [0.4, 0.5) is 5.69 Å². The summed E-state index contributed by atoms with van der Waals surface area (Å²) in [5, 5.41) is 0.459. The van der Waals surface area contributed by atoms with Gasteiger partial charge in [-0.3, -0.25) is 4.79 Å². The lowest BCUT2D eigenvalue weighted by Gasteiger charge is -2.31. The maximum absolute atomic E-state index is 12.5. The minimum Gasteiger partial charge on any atom is -0.465 e. The SMILES string of the molecule is COC(=O)c1ccc2c(=O)[nH]c(CN3CCCc4cc(C)ccc43)nc2c1. The molecule has 1 aromatic heterocycles. The number of fused-ring (bicyclic) bond motifs is 2. The summed E-state index contributed by atoms with van der Waals surface area (Å²) in [6.45, 7) is 3.53. The maximum atomic E-state index is 12.5. The van der Waals surface area contributed by atoms with Crippen molar-refractivity contribution < 1.29 is 9.53 Å². The predicted molar refractivity (Wildman–Crippen MR) is 104 cm³/mol. The van der Waals surface area contributed by atoms with Crippen LogP contribution in [0.5, 0.6) is 0 Å². The van der Waals surface area contributed by atoms with Gasteiger partial charge in [0.05, 0.1) is 30.1 Å². The average molecular weight is 363 g/mol. The molecule has 0 atom stereocenters. The number of benzene rings is 2. The van der Waals surface area contributed by atoms with Gasteiger partial charge in [0.25, 0.3) is 5.56 Å². The quantitative estimate of drug-likeness (QED) is 0.724. The summed E-state index contributed by atoms with van der Waals surface area (Å²) in [5.74, 6) is 0.142. The molecule has 3 aromatic rings. The van der Waals surface area contributed by atoms with Gasteiger partial charge in [-0.25, -0.2) is 9.78 Å². The number of carbonyl (C=O) groups excluding carboxylic acids is 1. The Hall–Kier alpha value is -3.15. The molecule has 0 saturated heterocycles. The van der Waals surface area contributed by atoms with Crippen LogP contribution >= 0.6 is 0 Å². The third-order valence-electron chi connectivity index (χ3n) is 4.97. The van der Waals surface area contributed by atoms with Gasteiger partial charge in [-0.2, -0.15) is 0 Å². The minimum atomic E-state index is -0.444. The van der Waals surface area contributed by atoms with Crippen LogP contribution in [0.15, 0.2) is 41.2 Å². The number of rotatable bonds is 3. The van der Waals surface area contributed by atoms with Crippen LogP contribution in [0.1, 0.15) is 33.7 Å². The highest BCUT2D eigenvalue weighted by Crippen LogP contribution is 2.28. The van der Waals surface area contributed by atoms with Gasteiger partial charge in [-0.05, 0) is 49.6 Å². The lowest BCUT2D eigenvalue weighted by Crippen LogP contribution is -2.30. The molecule has 2 heterocycles. The summed E-state index contributed by atoms with van der Waals surface area (Å²) >= 11 is 0. The highest BCUT2D eigenvalue weighted by Gasteiger charge is 2.18. The molecule has 6 nitrogen and oxygen atoms in total. The highest BCUT2D eigenvalue weighted by atomic mass is 16.5. The van der Waals surface area contributed by atoms with Crippen molar-refractivity contribution in [2.24, 2.45) is 0 Å². The van der Waals surface area contributed by atoms with E-state index in [1.54, 1.807) is 18.2 Å². The van der Waals surface area contributed by atoms with Crippen molar-refractivity contribution in [2.75, 3.05) is 18.6 Å². The highest BCUT2D eigenvalue weighted by molar-refractivity contribution is 5.93. The fraction of sp³-hybridized carbons (Fsp3) is 0.286. The van der Waals surface area contributed by atoms with E-state index in [-0.39, 0.29) is 5.56 Å². The van der Waals surface area contributed by atoms with E-state index >= 15 is 0 Å². The second kappa shape index (κ2) is 6.87. The molecule has 138 valence electrons. The van der Waals surface area contributed by atoms with Crippen molar-refractivity contribution >= 4 is 22.6 Å². The third kappa shape index (κ3) is 3.30. The maximum Gasteiger partial charge on any atom is 0.337 e. The van der Waals surface area contributed by atoms with Crippen LogP contribution in [-0.2, 0) is 17.7 Å². The van der Waals surface area contributed by atoms with Gasteiger partial charge in [0.15, 0.2) is 0 Å². The van der Waals surface area contributed by atoms with Crippen LogP contribution in [0.2, 0.25) is 0 Å². The number of nitrogens with zero attached hydrogens (tertiary/aromatic N) is 2. The first kappa shape index (κ1) is 17.3. The third-order valence-corrected chi connectivity index (χ3v) is 4.97. The topological polar surface area (TPSA) is 75.3 Å². The summed E-state index contributed by atoms with van der Waals surface area (Å²) in [7, 11) is 1.33. The Morgan fingerprint density at radius 3 is 2.93 bits per heavy atom. The van der Waals surface area contributed by atoms with E-state index in [4.69, 9.17) is 4.74 Å². The summed E-state index contributed by atoms with van der Waals surface area (Å²) in [4.78, 5) is 33.9. The number of nitrogens with one attached hydrogen (secondary N) is 1. The minimum absolute atomic E-state index is 0.201. The Kier molecular flexibility index (Phi) is 4.39. The first-order valence-electron chi connectivity index (χ1n) is 9.01. The standard InChI is InChI=1S/C21H21N3O3/c1-13-5-8-18-14(10-13)4-3-9-24(18)12-19-22-17-11-15(21(26)27-2)6-7-16(17)20(25)23-19/h5-8,10-11H,3-4,9,12H2,1-2H3,(H,22,23,25). The van der Waals surface area contributed by atoms with E-state index in [1.165, 1.54) is 23.9 Å². The second-order valence-corrected chi connectivity index (χ2v) is 6.89. The molecule has 1 aliphatic rings. The lowest BCUT2D eigenvalue weighted by atomic mass is 9.99. The van der Waals surface area contributed by atoms with Crippen molar-refractivity contribution in [3.63, 3.8) is 0 Å². The molecule has 1 N–H and O–H groups in total. The largest absolute Gasteiger partial charge is 0.465 e. The number of anilines is 1. The van der Waals surface area contributed by atoms with Crippen molar-refractivity contribution in [1.82, 2.24) is 9.97 Å². The van der Waals surface area contributed by atoms with Gasteiger partial charge >= 0.3 is 5.97 Å². The normalized spacial score (nSPS) is 13.5. The van der Waals surface area contributed by atoms with Crippen LogP contribution < -0.4 is 10.5 Å². The number of carbonyl (C=O) groups is 1. The number of aromatic amines is 1. The number of esters is 1. The molecule has 4 rings (SSSR count). The number of aryl methyl sites for hydroxylation is 2. The van der Waals surface area contributed by atoms with Crippen LogP contribution in [0.25, 0.3) is 10.9 Å². The number of hydrogen-bond donors (Lipinski definition) is 1. The number of methoxy groups -OCH3 is 1. The zero-order valence-corrected chi connectivity index (χ0v) is 15.4. The number of ether oxygens (including phenoxy) is 1. The molecular weight excluding hydrogens is 342 g/mol. The molecule has 0 aliphatic carbocycles. The van der Waals surface area contributed by atoms with E-state index in [0.29, 0.717) is 28.8 Å². The zero-order valence-electron chi connectivity index (χ0n) is 15.4. The Morgan fingerprint density at radius 1 is 1.26 bits per heavy atom. The molecule has 6 heteroatoms. The fourth-order valence-corrected chi connectivity index (χ4v) is 3.66. The van der Waals surface area contributed by atoms with Gasteiger partial charge < -0.3 is 14.6 Å². The molecule has 0 spiro atoms. The smallest absolute Gasteiger partial charge is 0.337 e. The molecular formula is C21H21N3O3. The lowest BCUT2D eigenvalue weighted by molar-refractivity contribution is 0.0601. The Morgan fingerprint density at radius 2 is 2.11 bits per heavy atom. The summed E-state index contributed by atoms with van der Waals surface area (Å²) < 4.78 is 4.75. The van der Waals surface area contributed by atoms with E-state index in [9.17, 15) is 9.59 Å². The summed E-state index contributed by atoms with van der Waals surface area (Å²) in [6, 6.07) is 11.3. The van der Waals surface area contributed by atoms with Gasteiger partial charge in [-0.15, -0.1) is 0 Å². The molecule has 0 radical (unpaired) electrons. The Balaban J connectivity index is 1.71. The molecule has 27 heavy (non-hydrogen) atoms. The van der Waals surface area contributed by atoms with E-state index < -0.39 is 5.97 Å². The number of hydrogen-bond acceptors (Lipinski definition) is 5. The fourth-order valence-electron chi connectivity index (χ4n) is 3.66. The summed E-state index contributed by atoms with van der Waals surface area (Å²) in [5.41, 5.74) is 4.46. The van der Waals surface area contributed by atoms with E-state index in [2.05, 4.69) is 40.0 Å². The predicted octanol–water partition coefficient (Wildman–Crippen LogP) is 2.97. The Bertz CT molecular complexity index is 1090. The Labute approximate surface area is 156 Å². The van der Waals surface area contributed by atoms with Crippen LogP contribution in [0, 0.1) is 6.92 Å². The van der Waals surface area contributed by atoms with E-state index in [1.807, 2.05) is 0 Å². The average Bonchev–Trinajstić information content (AvgIpc) is 2.67. The first-order valence-corrected chi connectivity index (χ1v) is 9.01. The molecule has 1 aliphatic heterocycles. The van der Waals surface area contributed by atoms with Crippen molar-refractivity contribution in [2.45, 2.75) is 26.3 Å². The summed E-state index contributed by atoms with van der Waals surface area (Å²) in [6.07, 6.45) is 2.14. The monoisotopic (exact) mass is 363 g/mol.